The van der Waals surface area contributed by atoms with E-state index in [1.807, 2.05) is 4.90 Å². The van der Waals surface area contributed by atoms with Crippen LogP contribution in [0, 0.1) is 6.92 Å². The van der Waals surface area contributed by atoms with Crippen molar-refractivity contribution in [2.24, 2.45) is 0 Å². The Balaban J connectivity index is 1.30. The molecule has 1 aliphatic carbocycles. The van der Waals surface area contributed by atoms with E-state index in [2.05, 4.69) is 25.4 Å². The number of benzene rings is 2. The smallest absolute Gasteiger partial charge is 0.416 e. The minimum atomic E-state index is -4.65. The predicted molar refractivity (Wildman–Crippen MR) is 194 cm³/mol. The summed E-state index contributed by atoms with van der Waals surface area (Å²) in [7, 11) is -3.51. The standard InChI is InChI=1S/C35H33ClF3N9O6S/c1-4-24-29(45-13-14-46(26-12-11-25(26)45)32(51)28-30(50)18(2)40-17-41-28)33(52)48-34(43-31(44-48)19-5-8-21(9-6-19)55(3,53)54)47(24)16-27(49)42-23-10-7-20(15-22(23)36)35(37,38)39/h5-10,15,17,25-26,50H,4,11-14,16H2,1-3H3,(H,42,49)/t25-,26-/m0/s1. The zero-order valence-corrected chi connectivity index (χ0v) is 31.1. The van der Waals surface area contributed by atoms with E-state index in [9.17, 15) is 41.1 Å². The minimum Gasteiger partial charge on any atom is -0.504 e. The minimum absolute atomic E-state index is 0.0185. The molecule has 7 rings (SSSR count). The second-order valence-corrected chi connectivity index (χ2v) is 15.7. The van der Waals surface area contributed by atoms with Gasteiger partial charge in [0.1, 0.15) is 18.6 Å². The maximum Gasteiger partial charge on any atom is 0.416 e. The van der Waals surface area contributed by atoms with Gasteiger partial charge in [-0.1, -0.05) is 18.5 Å². The van der Waals surface area contributed by atoms with Crippen molar-refractivity contribution in [1.82, 2.24) is 34.0 Å². The number of hydrogen-bond donors (Lipinski definition) is 2. The third-order valence-corrected chi connectivity index (χ3v) is 11.4. The van der Waals surface area contributed by atoms with Crippen molar-refractivity contribution in [2.45, 2.75) is 62.8 Å². The van der Waals surface area contributed by atoms with Crippen molar-refractivity contribution in [3.8, 4) is 17.1 Å². The highest BCUT2D eigenvalue weighted by Gasteiger charge is 2.47. The topological polar surface area (TPSA) is 185 Å². The number of aromatic hydroxyl groups is 1. The van der Waals surface area contributed by atoms with E-state index >= 15 is 0 Å². The van der Waals surface area contributed by atoms with Gasteiger partial charge < -0.3 is 24.8 Å². The summed E-state index contributed by atoms with van der Waals surface area (Å²) in [6, 6.07) is 7.63. The fourth-order valence-electron chi connectivity index (χ4n) is 7.03. The number of carbonyl (C=O) groups excluding carboxylic acids is 2. The second kappa shape index (κ2) is 13.9. The average molecular weight is 800 g/mol. The molecule has 0 radical (unpaired) electrons. The van der Waals surface area contributed by atoms with Crippen LogP contribution in [0.5, 0.6) is 5.75 Å². The summed E-state index contributed by atoms with van der Waals surface area (Å²) in [5.41, 5.74) is -0.446. The Hall–Kier alpha value is -5.56. The Morgan fingerprint density at radius 1 is 1.05 bits per heavy atom. The molecule has 288 valence electrons. The zero-order chi connectivity index (χ0) is 39.6. The number of halogens is 4. The van der Waals surface area contributed by atoms with Gasteiger partial charge in [-0.25, -0.2) is 18.4 Å². The van der Waals surface area contributed by atoms with E-state index in [0.29, 0.717) is 30.2 Å². The number of alkyl halides is 3. The molecule has 3 aromatic heterocycles. The first-order valence-corrected chi connectivity index (χ1v) is 19.3. The van der Waals surface area contributed by atoms with Crippen LogP contribution in [0.2, 0.25) is 5.02 Å². The van der Waals surface area contributed by atoms with Gasteiger partial charge >= 0.3 is 6.18 Å². The summed E-state index contributed by atoms with van der Waals surface area (Å²) in [4.78, 5) is 57.9. The summed E-state index contributed by atoms with van der Waals surface area (Å²) >= 11 is 6.14. The summed E-state index contributed by atoms with van der Waals surface area (Å²) in [6.07, 6.45) is -0.917. The van der Waals surface area contributed by atoms with E-state index in [-0.39, 0.29) is 81.6 Å². The molecule has 1 saturated carbocycles. The van der Waals surface area contributed by atoms with Crippen molar-refractivity contribution in [3.63, 3.8) is 0 Å². The molecule has 2 fully saturated rings. The molecule has 20 heteroatoms. The number of sulfone groups is 1. The van der Waals surface area contributed by atoms with Crippen LogP contribution in [-0.2, 0) is 33.8 Å². The lowest BCUT2D eigenvalue weighted by Gasteiger charge is -2.54. The van der Waals surface area contributed by atoms with Gasteiger partial charge in [0.15, 0.2) is 27.1 Å². The largest absolute Gasteiger partial charge is 0.504 e. The molecule has 5 aromatic rings. The fraction of sp³-hybridized carbons (Fsp3) is 0.343. The maximum absolute atomic E-state index is 14.5. The van der Waals surface area contributed by atoms with Gasteiger partial charge in [-0.3, -0.25) is 14.4 Å². The van der Waals surface area contributed by atoms with Crippen LogP contribution in [0.15, 0.2) is 58.5 Å². The van der Waals surface area contributed by atoms with Gasteiger partial charge in [-0.05, 0) is 68.7 Å². The van der Waals surface area contributed by atoms with Crippen LogP contribution in [0.1, 0.15) is 47.2 Å². The molecule has 2 aromatic carbocycles. The average Bonchev–Trinajstić information content (AvgIpc) is 3.57. The summed E-state index contributed by atoms with van der Waals surface area (Å²) in [5, 5.41) is 17.3. The second-order valence-electron chi connectivity index (χ2n) is 13.3. The highest BCUT2D eigenvalue weighted by molar-refractivity contribution is 7.90. The maximum atomic E-state index is 14.5. The molecule has 2 aliphatic rings. The van der Waals surface area contributed by atoms with E-state index in [1.54, 1.807) is 18.7 Å². The number of amides is 2. The molecule has 1 saturated heterocycles. The monoisotopic (exact) mass is 799 g/mol. The van der Waals surface area contributed by atoms with Crippen LogP contribution >= 0.6 is 11.6 Å². The van der Waals surface area contributed by atoms with Gasteiger partial charge in [-0.15, -0.1) is 5.10 Å². The van der Waals surface area contributed by atoms with Crippen LogP contribution in [0.4, 0.5) is 24.5 Å². The van der Waals surface area contributed by atoms with Crippen LogP contribution in [0.25, 0.3) is 17.2 Å². The molecule has 55 heavy (non-hydrogen) atoms. The Labute approximate surface area is 316 Å². The number of rotatable bonds is 8. The Bertz CT molecular complexity index is 2540. The SMILES string of the molecule is CCc1c(N2CCN(C(=O)c3ncnc(C)c3O)[C@H]3CC[C@@H]32)c(=O)n2nc(-c3ccc(S(C)(=O)=O)cc3)nc2n1CC(=O)Nc1ccc(C(F)(F)F)cc1Cl. The summed E-state index contributed by atoms with van der Waals surface area (Å²) < 4.78 is 66.5. The number of hydrogen-bond acceptors (Lipinski definition) is 11. The molecule has 2 amide bonds. The molecule has 2 N–H and O–H groups in total. The normalized spacial score (nSPS) is 17.2. The number of carbonyl (C=O) groups is 2. The molecular formula is C35H33ClF3N9O6S. The lowest BCUT2D eigenvalue weighted by Crippen LogP contribution is -2.67. The fourth-order valence-corrected chi connectivity index (χ4v) is 7.89. The Kier molecular flexibility index (Phi) is 9.56. The van der Waals surface area contributed by atoms with Crippen LogP contribution in [0.3, 0.4) is 0 Å². The van der Waals surface area contributed by atoms with Gasteiger partial charge in [0.25, 0.3) is 11.5 Å². The number of nitrogens with one attached hydrogen (secondary N) is 1. The Morgan fingerprint density at radius 2 is 1.76 bits per heavy atom. The van der Waals surface area contributed by atoms with E-state index in [0.717, 1.165) is 22.9 Å². The first kappa shape index (κ1) is 37.7. The number of fused-ring (bicyclic) bond motifs is 2. The number of aromatic nitrogens is 6. The van der Waals surface area contributed by atoms with Crippen molar-refractivity contribution >= 4 is 50.4 Å². The third-order valence-electron chi connectivity index (χ3n) is 9.91. The van der Waals surface area contributed by atoms with Crippen molar-refractivity contribution in [3.05, 3.63) is 86.8 Å². The zero-order valence-electron chi connectivity index (χ0n) is 29.5. The number of nitrogens with zero attached hydrogens (tertiary/aromatic N) is 8. The molecule has 4 heterocycles. The van der Waals surface area contributed by atoms with Crippen molar-refractivity contribution in [1.29, 1.82) is 0 Å². The lowest BCUT2D eigenvalue weighted by atomic mass is 9.81. The molecule has 0 unspecified atom stereocenters. The van der Waals surface area contributed by atoms with Crippen molar-refractivity contribution < 1.29 is 36.3 Å². The molecule has 2 atom stereocenters. The van der Waals surface area contributed by atoms with E-state index in [1.165, 1.54) is 35.2 Å². The summed E-state index contributed by atoms with van der Waals surface area (Å²) in [5.74, 6) is -1.42. The highest BCUT2D eigenvalue weighted by Crippen LogP contribution is 2.39. The van der Waals surface area contributed by atoms with Gasteiger partial charge in [-0.2, -0.15) is 22.7 Å². The van der Waals surface area contributed by atoms with Crippen LogP contribution < -0.4 is 15.8 Å². The van der Waals surface area contributed by atoms with Gasteiger partial charge in [0.2, 0.25) is 11.7 Å². The van der Waals surface area contributed by atoms with E-state index < -0.39 is 45.5 Å². The van der Waals surface area contributed by atoms with Gasteiger partial charge in [0.05, 0.1) is 38.6 Å². The molecule has 1 aliphatic heterocycles. The molecule has 0 spiro atoms. The third kappa shape index (κ3) is 6.86. The molecule has 15 nitrogen and oxygen atoms in total. The van der Waals surface area contributed by atoms with Gasteiger partial charge in [0, 0.05) is 31.0 Å². The van der Waals surface area contributed by atoms with Crippen LogP contribution in [-0.4, -0.2) is 90.8 Å². The highest BCUT2D eigenvalue weighted by atomic mass is 35.5. The Morgan fingerprint density at radius 3 is 2.38 bits per heavy atom. The van der Waals surface area contributed by atoms with E-state index in [4.69, 9.17) is 11.6 Å². The quantitative estimate of drug-likeness (QED) is 0.230. The number of anilines is 2. The first-order chi connectivity index (χ1) is 26.0. The molecular weight excluding hydrogens is 767 g/mol. The first-order valence-electron chi connectivity index (χ1n) is 17.1. The molecule has 0 bridgehead atoms. The number of piperazine rings is 1. The number of aryl methyl sites for hydroxylation is 1. The predicted octanol–water partition coefficient (Wildman–Crippen LogP) is 4.13. The summed E-state index contributed by atoms with van der Waals surface area (Å²) in [6.45, 7) is 3.26. The van der Waals surface area contributed by atoms with Crippen molar-refractivity contribution in [2.75, 3.05) is 29.6 Å². The lowest BCUT2D eigenvalue weighted by molar-refractivity contribution is -0.137.